The van der Waals surface area contributed by atoms with Crippen LogP contribution in [-0.2, 0) is 0 Å². The van der Waals surface area contributed by atoms with Crippen LogP contribution in [0, 0.1) is 5.92 Å². The molecule has 1 aliphatic carbocycles. The fourth-order valence-corrected chi connectivity index (χ4v) is 2.25. The monoisotopic (exact) mass is 202 g/mol. The lowest BCUT2D eigenvalue weighted by molar-refractivity contribution is 0.475. The zero-order valence-electron chi connectivity index (χ0n) is 9.24. The van der Waals surface area contributed by atoms with E-state index in [9.17, 15) is 5.11 Å². The Labute approximate surface area is 91.4 Å². The van der Waals surface area contributed by atoms with E-state index in [-0.39, 0.29) is 0 Å². The third kappa shape index (κ3) is 2.62. The highest BCUT2D eigenvalue weighted by Gasteiger charge is 2.13. The summed E-state index contributed by atoms with van der Waals surface area (Å²) in [5.74, 6) is 1.06. The summed E-state index contributed by atoms with van der Waals surface area (Å²) in [7, 11) is 0. The summed E-state index contributed by atoms with van der Waals surface area (Å²) in [6.07, 6.45) is 7.44. The standard InChI is InChI=1S/C14H18O/c1-11-5-2-3-7-13(11)9-12-6-4-8-14(15)10-12/h4,6,8-11,15H,2-3,5,7H2,1H3/b13-9+. The van der Waals surface area contributed by atoms with E-state index in [0.29, 0.717) is 11.7 Å². The lowest BCUT2D eigenvalue weighted by Gasteiger charge is -2.21. The molecule has 1 unspecified atom stereocenters. The lowest BCUT2D eigenvalue weighted by Crippen LogP contribution is -2.05. The predicted molar refractivity (Wildman–Crippen MR) is 63.7 cm³/mol. The van der Waals surface area contributed by atoms with Gasteiger partial charge in [-0.15, -0.1) is 0 Å². The average molecular weight is 202 g/mol. The quantitative estimate of drug-likeness (QED) is 0.730. The van der Waals surface area contributed by atoms with Crippen LogP contribution in [-0.4, -0.2) is 5.11 Å². The molecular formula is C14H18O. The lowest BCUT2D eigenvalue weighted by atomic mass is 9.84. The Morgan fingerprint density at radius 3 is 2.93 bits per heavy atom. The van der Waals surface area contributed by atoms with Gasteiger partial charge in [0.1, 0.15) is 5.75 Å². The number of allylic oxidation sites excluding steroid dienone is 1. The smallest absolute Gasteiger partial charge is 0.116 e. The van der Waals surface area contributed by atoms with Gasteiger partial charge in [0.2, 0.25) is 0 Å². The second kappa shape index (κ2) is 4.52. The van der Waals surface area contributed by atoms with Crippen LogP contribution in [0.5, 0.6) is 5.75 Å². The maximum absolute atomic E-state index is 9.38. The van der Waals surface area contributed by atoms with Gasteiger partial charge >= 0.3 is 0 Å². The van der Waals surface area contributed by atoms with Crippen LogP contribution in [0.3, 0.4) is 0 Å². The van der Waals surface area contributed by atoms with E-state index >= 15 is 0 Å². The number of hydrogen-bond acceptors (Lipinski definition) is 1. The van der Waals surface area contributed by atoms with Crippen molar-refractivity contribution in [3.63, 3.8) is 0 Å². The molecular weight excluding hydrogens is 184 g/mol. The number of rotatable bonds is 1. The second-order valence-electron chi connectivity index (χ2n) is 4.46. The molecule has 0 saturated heterocycles. The maximum Gasteiger partial charge on any atom is 0.116 e. The van der Waals surface area contributed by atoms with Crippen molar-refractivity contribution < 1.29 is 5.11 Å². The molecule has 80 valence electrons. The first-order valence-corrected chi connectivity index (χ1v) is 5.75. The highest BCUT2D eigenvalue weighted by molar-refractivity contribution is 5.55. The SMILES string of the molecule is CC1CCCC/C1=C\c1cccc(O)c1. The van der Waals surface area contributed by atoms with Crippen LogP contribution >= 0.6 is 0 Å². The van der Waals surface area contributed by atoms with E-state index in [0.717, 1.165) is 5.56 Å². The number of phenols is 1. The molecule has 0 radical (unpaired) electrons. The normalized spacial score (nSPS) is 24.3. The molecule has 0 aliphatic heterocycles. The minimum absolute atomic E-state index is 0.354. The van der Waals surface area contributed by atoms with Gasteiger partial charge in [-0.25, -0.2) is 0 Å². The van der Waals surface area contributed by atoms with Gasteiger partial charge in [-0.2, -0.15) is 0 Å². The molecule has 1 heteroatoms. The van der Waals surface area contributed by atoms with Gasteiger partial charge in [-0.1, -0.05) is 37.1 Å². The molecule has 0 spiro atoms. The molecule has 15 heavy (non-hydrogen) atoms. The first kappa shape index (κ1) is 10.3. The molecule has 0 aromatic heterocycles. The molecule has 0 amide bonds. The van der Waals surface area contributed by atoms with Crippen LogP contribution in [0.2, 0.25) is 0 Å². The number of benzene rings is 1. The molecule has 1 saturated carbocycles. The van der Waals surface area contributed by atoms with Gasteiger partial charge in [0.05, 0.1) is 0 Å². The Kier molecular flexibility index (Phi) is 3.10. The Balaban J connectivity index is 2.21. The van der Waals surface area contributed by atoms with Gasteiger partial charge in [-0.3, -0.25) is 0 Å². The van der Waals surface area contributed by atoms with E-state index in [2.05, 4.69) is 13.0 Å². The van der Waals surface area contributed by atoms with Crippen LogP contribution in [0.25, 0.3) is 6.08 Å². The third-order valence-electron chi connectivity index (χ3n) is 3.21. The van der Waals surface area contributed by atoms with E-state index < -0.39 is 0 Å². The molecule has 1 aliphatic rings. The molecule has 0 heterocycles. The molecule has 1 N–H and O–H groups in total. The zero-order valence-corrected chi connectivity index (χ0v) is 9.24. The molecule has 2 rings (SSSR count). The van der Waals surface area contributed by atoms with Crippen molar-refractivity contribution in [2.45, 2.75) is 32.6 Å². The number of hydrogen-bond donors (Lipinski definition) is 1. The largest absolute Gasteiger partial charge is 0.508 e. The van der Waals surface area contributed by atoms with Gasteiger partial charge < -0.3 is 5.11 Å². The maximum atomic E-state index is 9.38. The van der Waals surface area contributed by atoms with Gasteiger partial charge in [0, 0.05) is 0 Å². The van der Waals surface area contributed by atoms with E-state index in [1.165, 1.54) is 31.3 Å². The fourth-order valence-electron chi connectivity index (χ4n) is 2.25. The molecule has 0 bridgehead atoms. The Morgan fingerprint density at radius 1 is 1.33 bits per heavy atom. The highest BCUT2D eigenvalue weighted by Crippen LogP contribution is 2.30. The zero-order chi connectivity index (χ0) is 10.7. The van der Waals surface area contributed by atoms with Gasteiger partial charge in [0.15, 0.2) is 0 Å². The van der Waals surface area contributed by atoms with Crippen molar-refractivity contribution >= 4 is 6.08 Å². The summed E-state index contributed by atoms with van der Waals surface area (Å²) in [4.78, 5) is 0. The van der Waals surface area contributed by atoms with E-state index in [1.807, 2.05) is 18.2 Å². The molecule has 1 aromatic rings. The Morgan fingerprint density at radius 2 is 2.20 bits per heavy atom. The van der Waals surface area contributed by atoms with E-state index in [1.54, 1.807) is 6.07 Å². The topological polar surface area (TPSA) is 20.2 Å². The summed E-state index contributed by atoms with van der Waals surface area (Å²) < 4.78 is 0. The van der Waals surface area contributed by atoms with Crippen molar-refractivity contribution in [1.82, 2.24) is 0 Å². The Bertz CT molecular complexity index is 365. The van der Waals surface area contributed by atoms with Crippen LogP contribution in [0.1, 0.15) is 38.2 Å². The molecule has 1 aromatic carbocycles. The van der Waals surface area contributed by atoms with Crippen LogP contribution in [0.15, 0.2) is 29.8 Å². The average Bonchev–Trinajstić information content (AvgIpc) is 2.22. The van der Waals surface area contributed by atoms with Crippen molar-refractivity contribution in [3.05, 3.63) is 35.4 Å². The summed E-state index contributed by atoms with van der Waals surface area (Å²) in [5.41, 5.74) is 2.66. The molecule has 1 atom stereocenters. The fraction of sp³-hybridized carbons (Fsp3) is 0.429. The number of phenolic OH excluding ortho intramolecular Hbond substituents is 1. The van der Waals surface area contributed by atoms with Crippen molar-refractivity contribution in [2.75, 3.05) is 0 Å². The Hall–Kier alpha value is -1.24. The third-order valence-corrected chi connectivity index (χ3v) is 3.21. The summed E-state index contributed by atoms with van der Waals surface area (Å²) in [6, 6.07) is 7.49. The van der Waals surface area contributed by atoms with Crippen LogP contribution in [0.4, 0.5) is 0 Å². The van der Waals surface area contributed by atoms with Gasteiger partial charge in [0.25, 0.3) is 0 Å². The highest BCUT2D eigenvalue weighted by atomic mass is 16.3. The summed E-state index contributed by atoms with van der Waals surface area (Å²) in [6.45, 7) is 2.30. The first-order valence-electron chi connectivity index (χ1n) is 5.75. The minimum atomic E-state index is 0.354. The minimum Gasteiger partial charge on any atom is -0.508 e. The molecule has 1 fully saturated rings. The van der Waals surface area contributed by atoms with Crippen molar-refractivity contribution in [1.29, 1.82) is 0 Å². The summed E-state index contributed by atoms with van der Waals surface area (Å²) >= 11 is 0. The second-order valence-corrected chi connectivity index (χ2v) is 4.46. The predicted octanol–water partition coefficient (Wildman–Crippen LogP) is 3.99. The van der Waals surface area contributed by atoms with Crippen molar-refractivity contribution in [2.24, 2.45) is 5.92 Å². The number of aromatic hydroxyl groups is 1. The van der Waals surface area contributed by atoms with Crippen LogP contribution < -0.4 is 0 Å². The first-order chi connectivity index (χ1) is 7.25. The van der Waals surface area contributed by atoms with Gasteiger partial charge in [-0.05, 0) is 42.9 Å². The van der Waals surface area contributed by atoms with Crippen molar-refractivity contribution in [3.8, 4) is 5.75 Å². The molecule has 1 nitrogen and oxygen atoms in total. The summed E-state index contributed by atoms with van der Waals surface area (Å²) in [5, 5.41) is 9.38. The van der Waals surface area contributed by atoms with E-state index in [4.69, 9.17) is 0 Å².